The Hall–Kier alpha value is -2.98. The monoisotopic (exact) mass is 457 g/mol. The van der Waals surface area contributed by atoms with Gasteiger partial charge in [-0.1, -0.05) is 68.8 Å². The van der Waals surface area contributed by atoms with Crippen LogP contribution in [-0.2, 0) is 4.79 Å². The Kier molecular flexibility index (Phi) is 7.18. The molecule has 1 unspecified atom stereocenters. The lowest BCUT2D eigenvalue weighted by Crippen LogP contribution is -2.45. The summed E-state index contributed by atoms with van der Waals surface area (Å²) in [5.41, 5.74) is 0.801. The minimum Gasteiger partial charge on any atom is -0.356 e. The zero-order valence-electron chi connectivity index (χ0n) is 21.0. The molecule has 0 saturated carbocycles. The molecule has 4 nitrogen and oxygen atoms in total. The van der Waals surface area contributed by atoms with E-state index in [1.165, 1.54) is 26.9 Å². The third-order valence-electron chi connectivity index (χ3n) is 7.14. The molecule has 4 rings (SSSR count). The number of Topliss-reactive ketones (excluding diaryl/α,β-unsaturated/α-hetero) is 1. The molecule has 0 aliphatic carbocycles. The molecular formula is C30H37N2O2+. The molecule has 4 aromatic rings. The van der Waals surface area contributed by atoms with Gasteiger partial charge in [0.2, 0.25) is 11.7 Å². The Morgan fingerprint density at radius 3 is 2.21 bits per heavy atom. The number of carbonyl (C=O) groups excluding carboxylic acids is 2. The van der Waals surface area contributed by atoms with Gasteiger partial charge in [-0.15, -0.1) is 0 Å². The number of carbonyl (C=O) groups is 2. The van der Waals surface area contributed by atoms with E-state index < -0.39 is 0 Å². The average molecular weight is 458 g/mol. The van der Waals surface area contributed by atoms with Gasteiger partial charge in [-0.05, 0) is 51.2 Å². The van der Waals surface area contributed by atoms with Gasteiger partial charge in [-0.25, -0.2) is 0 Å². The summed E-state index contributed by atoms with van der Waals surface area (Å²) < 4.78 is 0.600. The number of likely N-dealkylation sites (N-methyl/N-ethyl adjacent to an activating group) is 1. The van der Waals surface area contributed by atoms with Crippen LogP contribution in [0.5, 0.6) is 0 Å². The molecule has 1 N–H and O–H groups in total. The zero-order valence-corrected chi connectivity index (χ0v) is 21.0. The van der Waals surface area contributed by atoms with Crippen LogP contribution in [0.1, 0.15) is 49.9 Å². The van der Waals surface area contributed by atoms with Crippen LogP contribution in [-0.4, -0.2) is 49.9 Å². The summed E-state index contributed by atoms with van der Waals surface area (Å²) in [7, 11) is 4.20. The van der Waals surface area contributed by atoms with Gasteiger partial charge in [0.05, 0.1) is 20.6 Å². The summed E-state index contributed by atoms with van der Waals surface area (Å²) in [5, 5.41) is 10.2. The van der Waals surface area contributed by atoms with Crippen molar-refractivity contribution in [2.45, 2.75) is 39.5 Å². The van der Waals surface area contributed by atoms with E-state index in [1.54, 1.807) is 0 Å². The first-order valence-corrected chi connectivity index (χ1v) is 12.6. The lowest BCUT2D eigenvalue weighted by atomic mass is 9.91. The van der Waals surface area contributed by atoms with Crippen molar-refractivity contribution in [3.63, 3.8) is 0 Å². The first-order chi connectivity index (χ1) is 16.3. The smallest absolute Gasteiger partial charge is 0.223 e. The van der Waals surface area contributed by atoms with Crippen molar-refractivity contribution in [1.29, 1.82) is 0 Å². The molecule has 0 radical (unpaired) electrons. The Morgan fingerprint density at radius 1 is 0.882 bits per heavy atom. The fourth-order valence-corrected chi connectivity index (χ4v) is 5.26. The molecule has 0 aliphatic rings. The maximum atomic E-state index is 13.5. The number of hydrogen-bond donors (Lipinski definition) is 1. The number of nitrogens with zero attached hydrogens (tertiary/aromatic N) is 1. The third-order valence-corrected chi connectivity index (χ3v) is 7.14. The lowest BCUT2D eigenvalue weighted by Gasteiger charge is -2.29. The molecule has 1 atom stereocenters. The molecule has 4 heteroatoms. The van der Waals surface area contributed by atoms with Gasteiger partial charge < -0.3 is 9.80 Å². The number of amides is 1. The quantitative estimate of drug-likeness (QED) is 0.127. The lowest BCUT2D eigenvalue weighted by molar-refractivity contribution is -0.882. The van der Waals surface area contributed by atoms with Gasteiger partial charge in [0, 0.05) is 24.4 Å². The van der Waals surface area contributed by atoms with Crippen molar-refractivity contribution >= 4 is 44.0 Å². The maximum Gasteiger partial charge on any atom is 0.223 e. The minimum absolute atomic E-state index is 0.114. The predicted molar refractivity (Wildman–Crippen MR) is 143 cm³/mol. The molecule has 0 spiro atoms. The van der Waals surface area contributed by atoms with E-state index in [4.69, 9.17) is 0 Å². The highest BCUT2D eigenvalue weighted by molar-refractivity contribution is 6.26. The van der Waals surface area contributed by atoms with Crippen molar-refractivity contribution in [2.24, 2.45) is 5.92 Å². The highest BCUT2D eigenvalue weighted by Gasteiger charge is 2.23. The van der Waals surface area contributed by atoms with Gasteiger partial charge in [0.15, 0.2) is 0 Å². The Balaban J connectivity index is 1.45. The van der Waals surface area contributed by atoms with Crippen LogP contribution in [0.3, 0.4) is 0 Å². The van der Waals surface area contributed by atoms with E-state index in [9.17, 15) is 9.59 Å². The zero-order chi connectivity index (χ0) is 24.3. The summed E-state index contributed by atoms with van der Waals surface area (Å²) in [4.78, 5) is 25.8. The van der Waals surface area contributed by atoms with E-state index >= 15 is 0 Å². The number of quaternary nitrogens is 1. The average Bonchev–Trinajstić information content (AvgIpc) is 2.83. The summed E-state index contributed by atoms with van der Waals surface area (Å²) in [6, 6.07) is 19.0. The molecule has 0 aromatic heterocycles. The van der Waals surface area contributed by atoms with Crippen LogP contribution in [0.25, 0.3) is 32.3 Å². The number of hydrogen-bond acceptors (Lipinski definition) is 2. The topological polar surface area (TPSA) is 46.2 Å². The number of ketones is 1. The molecular weight excluding hydrogens is 420 g/mol. The Bertz CT molecular complexity index is 1290. The van der Waals surface area contributed by atoms with Crippen molar-refractivity contribution in [3.05, 3.63) is 60.2 Å². The summed E-state index contributed by atoms with van der Waals surface area (Å²) in [6.45, 7) is 6.12. The van der Waals surface area contributed by atoms with E-state index in [2.05, 4.69) is 81.8 Å². The van der Waals surface area contributed by atoms with Gasteiger partial charge in [-0.2, -0.15) is 0 Å². The van der Waals surface area contributed by atoms with Gasteiger partial charge in [-0.3, -0.25) is 9.59 Å². The number of rotatable bonds is 11. The summed E-state index contributed by atoms with van der Waals surface area (Å²) in [5.74, 6) is 0.448. The van der Waals surface area contributed by atoms with Crippen LogP contribution in [0, 0.1) is 5.92 Å². The summed E-state index contributed by atoms with van der Waals surface area (Å²) >= 11 is 0. The molecule has 0 fully saturated rings. The second kappa shape index (κ2) is 10.1. The second-order valence-corrected chi connectivity index (χ2v) is 10.2. The molecule has 4 aromatic carbocycles. The van der Waals surface area contributed by atoms with Crippen LogP contribution in [0.4, 0.5) is 0 Å². The Labute approximate surface area is 202 Å². The van der Waals surface area contributed by atoms with Crippen molar-refractivity contribution in [3.8, 4) is 0 Å². The van der Waals surface area contributed by atoms with Crippen molar-refractivity contribution < 1.29 is 14.1 Å². The van der Waals surface area contributed by atoms with E-state index in [0.29, 0.717) is 17.6 Å². The first-order valence-electron chi connectivity index (χ1n) is 12.6. The van der Waals surface area contributed by atoms with E-state index in [-0.39, 0.29) is 17.6 Å². The van der Waals surface area contributed by atoms with Gasteiger partial charge in [0.1, 0.15) is 6.54 Å². The first kappa shape index (κ1) is 24.2. The van der Waals surface area contributed by atoms with E-state index in [0.717, 1.165) is 43.2 Å². The highest BCUT2D eigenvalue weighted by atomic mass is 16.2. The minimum atomic E-state index is 0.114. The van der Waals surface area contributed by atoms with Gasteiger partial charge >= 0.3 is 0 Å². The van der Waals surface area contributed by atoms with Crippen LogP contribution >= 0.6 is 0 Å². The number of benzene rings is 4. The van der Waals surface area contributed by atoms with Gasteiger partial charge in [0.25, 0.3) is 0 Å². The SMILES string of the molecule is CCCC(CC)C(=O)NCCC[N+](C)(C)CC(=O)c1ccc2ccc3cccc4ccc1c2c34. The molecule has 0 bridgehead atoms. The third kappa shape index (κ3) is 4.92. The van der Waals surface area contributed by atoms with E-state index in [1.807, 2.05) is 6.07 Å². The molecule has 1 amide bonds. The second-order valence-electron chi connectivity index (χ2n) is 10.2. The maximum absolute atomic E-state index is 13.5. The highest BCUT2D eigenvalue weighted by Crippen LogP contribution is 2.36. The molecule has 178 valence electrons. The molecule has 0 saturated heterocycles. The standard InChI is InChI=1S/C30H36N2O2/c1-5-9-21(6-2)30(34)31-18-8-19-32(3,4)20-27(33)25-16-14-24-13-12-22-10-7-11-23-15-17-26(25)29(24)28(22)23/h7,10-17,21H,5-6,8-9,18-20H2,1-4H3/p+1. The fraction of sp³-hybridized carbons (Fsp3) is 0.400. The predicted octanol–water partition coefficient (Wildman–Crippen LogP) is 6.18. The van der Waals surface area contributed by atoms with Crippen LogP contribution < -0.4 is 5.32 Å². The summed E-state index contributed by atoms with van der Waals surface area (Å²) in [6.07, 6.45) is 3.71. The van der Waals surface area contributed by atoms with Crippen LogP contribution in [0.15, 0.2) is 54.6 Å². The fourth-order valence-electron chi connectivity index (χ4n) is 5.26. The van der Waals surface area contributed by atoms with Crippen molar-refractivity contribution in [2.75, 3.05) is 33.7 Å². The molecule has 0 aliphatic heterocycles. The van der Waals surface area contributed by atoms with Crippen molar-refractivity contribution in [1.82, 2.24) is 5.32 Å². The Morgan fingerprint density at radius 2 is 1.53 bits per heavy atom. The molecule has 34 heavy (non-hydrogen) atoms. The normalized spacial score (nSPS) is 13.1. The molecule has 0 heterocycles. The largest absolute Gasteiger partial charge is 0.356 e. The number of nitrogens with one attached hydrogen (secondary N) is 1. The van der Waals surface area contributed by atoms with Crippen LogP contribution in [0.2, 0.25) is 0 Å².